The number of fused-ring (bicyclic) bond motifs is 1. The van der Waals surface area contributed by atoms with Gasteiger partial charge >= 0.3 is 0 Å². The first-order chi connectivity index (χ1) is 7.86. The third-order valence-electron chi connectivity index (χ3n) is 3.20. The summed E-state index contributed by atoms with van der Waals surface area (Å²) in [5.74, 6) is 0. The predicted molar refractivity (Wildman–Crippen MR) is 62.6 cm³/mol. The Bertz CT molecular complexity index is 552. The van der Waals surface area contributed by atoms with Gasteiger partial charge in [-0.05, 0) is 12.8 Å². The fourth-order valence-electron chi connectivity index (χ4n) is 2.37. The zero-order chi connectivity index (χ0) is 11.0. The minimum absolute atomic E-state index is 0.465. The van der Waals surface area contributed by atoms with Crippen LogP contribution in [0, 0.1) is 4.64 Å². The van der Waals surface area contributed by atoms with Crippen molar-refractivity contribution in [1.82, 2.24) is 25.0 Å². The minimum atomic E-state index is 0.465. The van der Waals surface area contributed by atoms with Gasteiger partial charge in [0.25, 0.3) is 0 Å². The standard InChI is InChI=1S/C10H13N5S/c16-10-8-9(11-6-12-10)15(14-13-8)7-4-2-1-3-5-7/h6-7H,1-5H2,(H,11,12,16). The van der Waals surface area contributed by atoms with Crippen molar-refractivity contribution in [3.8, 4) is 0 Å². The number of hydrogen-bond acceptors (Lipinski definition) is 4. The van der Waals surface area contributed by atoms with Gasteiger partial charge in [0, 0.05) is 0 Å². The van der Waals surface area contributed by atoms with Crippen LogP contribution in [0.5, 0.6) is 0 Å². The van der Waals surface area contributed by atoms with E-state index in [4.69, 9.17) is 12.2 Å². The first-order valence-corrected chi connectivity index (χ1v) is 6.05. The monoisotopic (exact) mass is 235 g/mol. The zero-order valence-electron chi connectivity index (χ0n) is 8.89. The molecule has 5 nitrogen and oxygen atoms in total. The summed E-state index contributed by atoms with van der Waals surface area (Å²) in [4.78, 5) is 7.11. The van der Waals surface area contributed by atoms with E-state index in [1.165, 1.54) is 32.1 Å². The second kappa shape index (κ2) is 3.93. The van der Waals surface area contributed by atoms with E-state index in [0.29, 0.717) is 16.2 Å². The molecule has 16 heavy (non-hydrogen) atoms. The van der Waals surface area contributed by atoms with Gasteiger partial charge in [0.15, 0.2) is 15.8 Å². The summed E-state index contributed by atoms with van der Waals surface area (Å²) in [6.45, 7) is 0. The fourth-order valence-corrected chi connectivity index (χ4v) is 2.56. The average molecular weight is 235 g/mol. The highest BCUT2D eigenvalue weighted by atomic mass is 32.1. The maximum Gasteiger partial charge on any atom is 0.166 e. The number of H-pyrrole nitrogens is 1. The lowest BCUT2D eigenvalue weighted by molar-refractivity contribution is 0.330. The molecule has 6 heteroatoms. The summed E-state index contributed by atoms with van der Waals surface area (Å²) in [7, 11) is 0. The summed E-state index contributed by atoms with van der Waals surface area (Å²) in [5.41, 5.74) is 1.62. The third-order valence-corrected chi connectivity index (χ3v) is 3.50. The summed E-state index contributed by atoms with van der Waals surface area (Å²) < 4.78 is 2.50. The molecular formula is C10H13N5S. The van der Waals surface area contributed by atoms with Crippen molar-refractivity contribution in [2.75, 3.05) is 0 Å². The first-order valence-electron chi connectivity index (χ1n) is 5.65. The molecule has 1 N–H and O–H groups in total. The summed E-state index contributed by atoms with van der Waals surface area (Å²) in [5, 5.41) is 8.32. The molecule has 0 aromatic carbocycles. The van der Waals surface area contributed by atoms with E-state index in [1.807, 2.05) is 4.68 Å². The van der Waals surface area contributed by atoms with Crippen molar-refractivity contribution in [3.63, 3.8) is 0 Å². The van der Waals surface area contributed by atoms with Crippen LogP contribution >= 0.6 is 12.2 Å². The van der Waals surface area contributed by atoms with Gasteiger partial charge in [0.05, 0.1) is 12.4 Å². The third kappa shape index (κ3) is 1.53. The maximum atomic E-state index is 5.12. The Morgan fingerprint density at radius 3 is 2.94 bits per heavy atom. The molecule has 0 unspecified atom stereocenters. The van der Waals surface area contributed by atoms with E-state index in [1.54, 1.807) is 6.33 Å². The SMILES string of the molecule is S=c1nc[nH]c2c1nnn2C1CCCCC1. The first kappa shape index (κ1) is 9.89. The largest absolute Gasteiger partial charge is 0.329 e. The summed E-state index contributed by atoms with van der Waals surface area (Å²) in [6.07, 6.45) is 7.87. The Morgan fingerprint density at radius 1 is 1.31 bits per heavy atom. The maximum absolute atomic E-state index is 5.12. The summed E-state index contributed by atoms with van der Waals surface area (Å²) in [6, 6.07) is 0.465. The smallest absolute Gasteiger partial charge is 0.166 e. The van der Waals surface area contributed by atoms with Crippen LogP contribution in [0.25, 0.3) is 11.2 Å². The second-order valence-corrected chi connectivity index (χ2v) is 4.62. The zero-order valence-corrected chi connectivity index (χ0v) is 9.70. The van der Waals surface area contributed by atoms with Crippen molar-refractivity contribution in [3.05, 3.63) is 11.0 Å². The van der Waals surface area contributed by atoms with Gasteiger partial charge in [0.2, 0.25) is 0 Å². The quantitative estimate of drug-likeness (QED) is 0.771. The van der Waals surface area contributed by atoms with Crippen LogP contribution < -0.4 is 0 Å². The Morgan fingerprint density at radius 2 is 2.12 bits per heavy atom. The topological polar surface area (TPSA) is 59.4 Å². The number of rotatable bonds is 1. The lowest BCUT2D eigenvalue weighted by atomic mass is 9.96. The molecule has 2 aromatic rings. The number of nitrogens with one attached hydrogen (secondary N) is 1. The van der Waals surface area contributed by atoms with Crippen LogP contribution in [0.3, 0.4) is 0 Å². The molecule has 0 saturated heterocycles. The normalized spacial score (nSPS) is 18.0. The Balaban J connectivity index is 2.10. The lowest BCUT2D eigenvalue weighted by Gasteiger charge is -2.21. The van der Waals surface area contributed by atoms with Crippen molar-refractivity contribution in [2.45, 2.75) is 38.1 Å². The van der Waals surface area contributed by atoms with Crippen LogP contribution in [-0.4, -0.2) is 25.0 Å². The van der Waals surface area contributed by atoms with Gasteiger partial charge in [0.1, 0.15) is 0 Å². The van der Waals surface area contributed by atoms with E-state index >= 15 is 0 Å². The van der Waals surface area contributed by atoms with E-state index in [-0.39, 0.29) is 0 Å². The fraction of sp³-hybridized carbons (Fsp3) is 0.600. The predicted octanol–water partition coefficient (Wildman–Crippen LogP) is 2.39. The molecule has 1 fully saturated rings. The van der Waals surface area contributed by atoms with Crippen molar-refractivity contribution in [1.29, 1.82) is 0 Å². The summed E-state index contributed by atoms with van der Waals surface area (Å²) >= 11 is 5.12. The van der Waals surface area contributed by atoms with E-state index in [2.05, 4.69) is 20.3 Å². The van der Waals surface area contributed by atoms with Gasteiger partial charge in [-0.1, -0.05) is 36.7 Å². The molecule has 2 aromatic heterocycles. The molecule has 0 radical (unpaired) electrons. The number of aromatic nitrogens is 5. The van der Waals surface area contributed by atoms with Gasteiger partial charge < -0.3 is 4.98 Å². The van der Waals surface area contributed by atoms with Crippen LogP contribution in [-0.2, 0) is 0 Å². The molecule has 0 aliphatic heterocycles. The van der Waals surface area contributed by atoms with Crippen LogP contribution in [0.4, 0.5) is 0 Å². The van der Waals surface area contributed by atoms with E-state index in [9.17, 15) is 0 Å². The van der Waals surface area contributed by atoms with Crippen LogP contribution in [0.1, 0.15) is 38.1 Å². The molecule has 1 aliphatic rings. The Labute approximate surface area is 97.9 Å². The van der Waals surface area contributed by atoms with E-state index < -0.39 is 0 Å². The van der Waals surface area contributed by atoms with Gasteiger partial charge in [-0.25, -0.2) is 9.67 Å². The van der Waals surface area contributed by atoms with E-state index in [0.717, 1.165) is 5.65 Å². The minimum Gasteiger partial charge on any atom is -0.329 e. The van der Waals surface area contributed by atoms with Gasteiger partial charge in [-0.3, -0.25) is 0 Å². The Hall–Kier alpha value is -1.30. The molecule has 1 aliphatic carbocycles. The number of nitrogens with zero attached hydrogens (tertiary/aromatic N) is 4. The average Bonchev–Trinajstić information content (AvgIpc) is 2.75. The molecule has 0 amide bonds. The van der Waals surface area contributed by atoms with Crippen molar-refractivity contribution >= 4 is 23.4 Å². The molecular weight excluding hydrogens is 222 g/mol. The molecule has 0 atom stereocenters. The Kier molecular flexibility index (Phi) is 2.43. The van der Waals surface area contributed by atoms with Crippen LogP contribution in [0.15, 0.2) is 6.33 Å². The lowest BCUT2D eigenvalue weighted by Crippen LogP contribution is -2.14. The van der Waals surface area contributed by atoms with Crippen molar-refractivity contribution < 1.29 is 0 Å². The molecule has 3 rings (SSSR count). The number of aromatic amines is 1. The highest BCUT2D eigenvalue weighted by Gasteiger charge is 2.19. The van der Waals surface area contributed by atoms with Crippen molar-refractivity contribution in [2.24, 2.45) is 0 Å². The van der Waals surface area contributed by atoms with Gasteiger partial charge in [-0.15, -0.1) is 5.10 Å². The second-order valence-electron chi connectivity index (χ2n) is 4.23. The van der Waals surface area contributed by atoms with Gasteiger partial charge in [-0.2, -0.15) is 0 Å². The number of hydrogen-bond donors (Lipinski definition) is 1. The molecule has 84 valence electrons. The van der Waals surface area contributed by atoms with Crippen LogP contribution in [0.2, 0.25) is 0 Å². The molecule has 0 bridgehead atoms. The highest BCUT2D eigenvalue weighted by molar-refractivity contribution is 7.71. The molecule has 1 saturated carbocycles. The molecule has 0 spiro atoms. The molecule has 2 heterocycles. The highest BCUT2D eigenvalue weighted by Crippen LogP contribution is 2.28.